The molecule has 0 bridgehead atoms. The van der Waals surface area contributed by atoms with Gasteiger partial charge in [0.25, 0.3) is 0 Å². The van der Waals surface area contributed by atoms with Crippen LogP contribution in [-0.2, 0) is 5.54 Å². The first-order valence-corrected chi connectivity index (χ1v) is 4.98. The summed E-state index contributed by atoms with van der Waals surface area (Å²) in [6, 6.07) is 0. The van der Waals surface area contributed by atoms with Gasteiger partial charge in [0.15, 0.2) is 0 Å². The number of hydrogen-bond donors (Lipinski definition) is 2. The third kappa shape index (κ3) is 1.46. The first kappa shape index (κ1) is 8.69. The van der Waals surface area contributed by atoms with Crippen molar-refractivity contribution in [2.75, 3.05) is 6.54 Å². The van der Waals surface area contributed by atoms with Crippen LogP contribution in [0.1, 0.15) is 38.4 Å². The topological polar surface area (TPSA) is 53.6 Å². The lowest BCUT2D eigenvalue weighted by atomic mass is 9.91. The van der Waals surface area contributed by atoms with Crippen molar-refractivity contribution in [2.24, 2.45) is 0 Å². The van der Waals surface area contributed by atoms with E-state index in [0.29, 0.717) is 0 Å². The zero-order chi connectivity index (χ0) is 9.15. The van der Waals surface area contributed by atoms with Gasteiger partial charge in [-0.25, -0.2) is 4.98 Å². The number of H-pyrrole nitrogens is 1. The zero-order valence-corrected chi connectivity index (χ0v) is 8.01. The van der Waals surface area contributed by atoms with Crippen LogP contribution in [0.15, 0.2) is 6.33 Å². The van der Waals surface area contributed by atoms with Crippen LogP contribution < -0.4 is 5.32 Å². The van der Waals surface area contributed by atoms with E-state index in [9.17, 15) is 0 Å². The Morgan fingerprint density at radius 2 is 2.54 bits per heavy atom. The second-order valence-electron chi connectivity index (χ2n) is 3.70. The number of nitrogens with one attached hydrogen (secondary N) is 2. The van der Waals surface area contributed by atoms with Gasteiger partial charge in [-0.2, -0.15) is 5.10 Å². The van der Waals surface area contributed by atoms with E-state index in [-0.39, 0.29) is 5.54 Å². The van der Waals surface area contributed by atoms with Gasteiger partial charge in [-0.3, -0.25) is 5.10 Å². The molecule has 0 saturated carbocycles. The highest BCUT2D eigenvalue weighted by Crippen LogP contribution is 2.32. The number of rotatable bonds is 3. The summed E-state index contributed by atoms with van der Waals surface area (Å²) in [5.41, 5.74) is 0.0885. The average Bonchev–Trinajstić information content (AvgIpc) is 2.73. The fourth-order valence-corrected chi connectivity index (χ4v) is 2.20. The van der Waals surface area contributed by atoms with Crippen molar-refractivity contribution < 1.29 is 0 Å². The van der Waals surface area contributed by atoms with Crippen molar-refractivity contribution in [3.8, 4) is 0 Å². The molecule has 1 saturated heterocycles. The molecule has 4 nitrogen and oxygen atoms in total. The third-order valence-electron chi connectivity index (χ3n) is 2.79. The molecule has 1 unspecified atom stereocenters. The molecule has 0 amide bonds. The second-order valence-corrected chi connectivity index (χ2v) is 3.70. The molecule has 1 fully saturated rings. The van der Waals surface area contributed by atoms with Gasteiger partial charge < -0.3 is 5.32 Å². The normalized spacial score (nSPS) is 28.1. The molecule has 1 atom stereocenters. The summed E-state index contributed by atoms with van der Waals surface area (Å²) in [5.74, 6) is 1.01. The molecule has 1 aromatic rings. The van der Waals surface area contributed by atoms with Crippen LogP contribution in [-0.4, -0.2) is 21.7 Å². The minimum absolute atomic E-state index is 0.0885. The van der Waals surface area contributed by atoms with Gasteiger partial charge in [0.05, 0.1) is 5.54 Å². The summed E-state index contributed by atoms with van der Waals surface area (Å²) < 4.78 is 0. The van der Waals surface area contributed by atoms with E-state index in [1.807, 2.05) is 0 Å². The van der Waals surface area contributed by atoms with Gasteiger partial charge in [0.1, 0.15) is 12.2 Å². The van der Waals surface area contributed by atoms with Gasteiger partial charge in [0.2, 0.25) is 0 Å². The Balaban J connectivity index is 2.22. The van der Waals surface area contributed by atoms with Crippen molar-refractivity contribution in [1.29, 1.82) is 0 Å². The molecule has 13 heavy (non-hydrogen) atoms. The van der Waals surface area contributed by atoms with Gasteiger partial charge in [-0.1, -0.05) is 13.3 Å². The van der Waals surface area contributed by atoms with Gasteiger partial charge in [-0.15, -0.1) is 0 Å². The molecule has 2 N–H and O–H groups in total. The third-order valence-corrected chi connectivity index (χ3v) is 2.79. The van der Waals surface area contributed by atoms with Crippen LogP contribution in [0, 0.1) is 0 Å². The Morgan fingerprint density at radius 1 is 1.62 bits per heavy atom. The van der Waals surface area contributed by atoms with E-state index in [0.717, 1.165) is 18.8 Å². The molecule has 1 aliphatic rings. The first-order chi connectivity index (χ1) is 6.37. The smallest absolute Gasteiger partial charge is 0.144 e. The lowest BCUT2D eigenvalue weighted by Gasteiger charge is -2.26. The Bertz CT molecular complexity index is 249. The molecule has 72 valence electrons. The van der Waals surface area contributed by atoms with Crippen molar-refractivity contribution in [3.05, 3.63) is 12.2 Å². The van der Waals surface area contributed by atoms with Crippen LogP contribution in [0.4, 0.5) is 0 Å². The van der Waals surface area contributed by atoms with E-state index < -0.39 is 0 Å². The van der Waals surface area contributed by atoms with Crippen LogP contribution in [0.5, 0.6) is 0 Å². The van der Waals surface area contributed by atoms with E-state index in [1.54, 1.807) is 6.33 Å². The SMILES string of the molecule is CCCC1(c2ncn[nH]2)CCCN1. The molecule has 4 heteroatoms. The number of aromatic amines is 1. The van der Waals surface area contributed by atoms with Crippen molar-refractivity contribution in [1.82, 2.24) is 20.5 Å². The Labute approximate surface area is 78.1 Å². The summed E-state index contributed by atoms with van der Waals surface area (Å²) >= 11 is 0. The molecule has 1 aliphatic heterocycles. The molecular weight excluding hydrogens is 164 g/mol. The largest absolute Gasteiger partial charge is 0.305 e. The maximum Gasteiger partial charge on any atom is 0.144 e. The van der Waals surface area contributed by atoms with Gasteiger partial charge in [-0.05, 0) is 25.8 Å². The summed E-state index contributed by atoms with van der Waals surface area (Å²) in [4.78, 5) is 4.26. The summed E-state index contributed by atoms with van der Waals surface area (Å²) in [5, 5.41) is 10.4. The van der Waals surface area contributed by atoms with Crippen LogP contribution >= 0.6 is 0 Å². The maximum absolute atomic E-state index is 4.26. The summed E-state index contributed by atoms with van der Waals surface area (Å²) in [7, 11) is 0. The van der Waals surface area contributed by atoms with Crippen LogP contribution in [0.2, 0.25) is 0 Å². The molecule has 0 radical (unpaired) electrons. The highest BCUT2D eigenvalue weighted by molar-refractivity contribution is 5.07. The predicted octanol–water partition coefficient (Wildman–Crippen LogP) is 1.18. The highest BCUT2D eigenvalue weighted by atomic mass is 15.2. The fourth-order valence-electron chi connectivity index (χ4n) is 2.20. The molecule has 0 aliphatic carbocycles. The second kappa shape index (κ2) is 3.46. The van der Waals surface area contributed by atoms with Crippen LogP contribution in [0.25, 0.3) is 0 Å². The number of hydrogen-bond acceptors (Lipinski definition) is 3. The van der Waals surface area contributed by atoms with Crippen molar-refractivity contribution in [2.45, 2.75) is 38.1 Å². The minimum Gasteiger partial charge on any atom is -0.305 e. The van der Waals surface area contributed by atoms with Crippen molar-refractivity contribution in [3.63, 3.8) is 0 Å². The molecule has 2 heterocycles. The van der Waals surface area contributed by atoms with E-state index in [1.165, 1.54) is 19.3 Å². The molecular formula is C9H16N4. The number of aromatic nitrogens is 3. The quantitative estimate of drug-likeness (QED) is 0.734. The minimum atomic E-state index is 0.0885. The molecule has 0 aromatic carbocycles. The lowest BCUT2D eigenvalue weighted by Crippen LogP contribution is -2.37. The zero-order valence-electron chi connectivity index (χ0n) is 8.01. The molecule has 1 aromatic heterocycles. The Hall–Kier alpha value is -0.900. The number of nitrogens with zero attached hydrogens (tertiary/aromatic N) is 2. The van der Waals surface area contributed by atoms with Gasteiger partial charge >= 0.3 is 0 Å². The lowest BCUT2D eigenvalue weighted by molar-refractivity contribution is 0.335. The van der Waals surface area contributed by atoms with E-state index in [2.05, 4.69) is 27.4 Å². The van der Waals surface area contributed by atoms with E-state index >= 15 is 0 Å². The average molecular weight is 180 g/mol. The monoisotopic (exact) mass is 180 g/mol. The van der Waals surface area contributed by atoms with Gasteiger partial charge in [0, 0.05) is 0 Å². The standard InChI is InChI=1S/C9H16N4/c1-2-4-9(5-3-6-11-9)8-10-7-12-13-8/h7,11H,2-6H2,1H3,(H,10,12,13). The van der Waals surface area contributed by atoms with Crippen LogP contribution in [0.3, 0.4) is 0 Å². The first-order valence-electron chi connectivity index (χ1n) is 4.98. The van der Waals surface area contributed by atoms with Crippen molar-refractivity contribution >= 4 is 0 Å². The highest BCUT2D eigenvalue weighted by Gasteiger charge is 2.36. The summed E-state index contributed by atoms with van der Waals surface area (Å²) in [6.07, 6.45) is 6.32. The maximum atomic E-state index is 4.26. The Morgan fingerprint density at radius 3 is 3.08 bits per heavy atom. The fraction of sp³-hybridized carbons (Fsp3) is 0.778. The summed E-state index contributed by atoms with van der Waals surface area (Å²) in [6.45, 7) is 3.30. The molecule has 2 rings (SSSR count). The predicted molar refractivity (Wildman–Crippen MR) is 50.2 cm³/mol. The Kier molecular flexibility index (Phi) is 2.31. The molecule has 0 spiro atoms. The van der Waals surface area contributed by atoms with E-state index in [4.69, 9.17) is 0 Å².